The number of carbonyl (C=O) groups excluding carboxylic acids is 2. The molecule has 2 heterocycles. The lowest BCUT2D eigenvalue weighted by molar-refractivity contribution is -0.124. The zero-order valence-corrected chi connectivity index (χ0v) is 25.9. The van der Waals surface area contributed by atoms with Gasteiger partial charge >= 0.3 is 6.03 Å². The summed E-state index contributed by atoms with van der Waals surface area (Å²) in [4.78, 5) is 30.8. The molecule has 0 aliphatic carbocycles. The molecule has 0 radical (unpaired) electrons. The first-order chi connectivity index (χ1) is 19.9. The minimum atomic E-state index is -3.74. The summed E-state index contributed by atoms with van der Waals surface area (Å²) >= 11 is 0. The summed E-state index contributed by atoms with van der Waals surface area (Å²) in [6.45, 7) is 6.23. The van der Waals surface area contributed by atoms with E-state index in [1.807, 2.05) is 32.0 Å². The number of methoxy groups -OCH3 is 1. The van der Waals surface area contributed by atoms with Crippen LogP contribution in [0, 0.1) is 13.8 Å². The molecule has 4 rings (SSSR count). The number of primary amides is 1. The van der Waals surface area contributed by atoms with E-state index in [1.54, 1.807) is 32.4 Å². The summed E-state index contributed by atoms with van der Waals surface area (Å²) in [6.07, 6.45) is 6.46. The van der Waals surface area contributed by atoms with Crippen LogP contribution in [0.4, 0.5) is 10.5 Å². The fourth-order valence-corrected chi connectivity index (χ4v) is 6.71. The Bertz CT molecular complexity index is 1500. The average molecular weight is 596 g/mol. The van der Waals surface area contributed by atoms with Gasteiger partial charge in [-0.15, -0.1) is 0 Å². The van der Waals surface area contributed by atoms with Gasteiger partial charge in [0.2, 0.25) is 10.0 Å². The minimum Gasteiger partial charge on any atom is -0.496 e. The van der Waals surface area contributed by atoms with Crippen LogP contribution in [-0.2, 0) is 21.2 Å². The molecule has 2 aromatic carbocycles. The SMILES string of the molecule is CCCCCc1ccc(C2=NC3(CCN(S(=O)(=O)C=Cc4c(C)cc(N(C)C(N)=O)cc4C)CC3)C(=O)N2)cc1OC. The average Bonchev–Trinajstić information content (AvgIpc) is 3.27. The highest BCUT2D eigenvalue weighted by atomic mass is 32.2. The summed E-state index contributed by atoms with van der Waals surface area (Å²) in [6, 6.07) is 8.89. The molecule has 1 spiro atoms. The predicted octanol–water partition coefficient (Wildman–Crippen LogP) is 4.27. The Labute approximate surface area is 248 Å². The van der Waals surface area contributed by atoms with Gasteiger partial charge in [-0.05, 0) is 86.1 Å². The number of urea groups is 1. The van der Waals surface area contributed by atoms with Gasteiger partial charge < -0.3 is 15.8 Å². The number of hydrogen-bond donors (Lipinski definition) is 2. The number of unbranched alkanes of at least 4 members (excludes halogenated alkanes) is 2. The number of nitrogens with one attached hydrogen (secondary N) is 1. The number of anilines is 1. The number of carbonyl (C=O) groups is 2. The molecular formula is C31H41N5O5S. The number of nitrogens with two attached hydrogens (primary N) is 1. The molecular weight excluding hydrogens is 554 g/mol. The van der Waals surface area contributed by atoms with Crippen LogP contribution in [-0.4, -0.2) is 63.3 Å². The number of rotatable bonds is 10. The molecule has 0 saturated carbocycles. The van der Waals surface area contributed by atoms with Crippen LogP contribution in [0.5, 0.6) is 5.75 Å². The molecule has 3 amide bonds. The van der Waals surface area contributed by atoms with Gasteiger partial charge in [0.05, 0.1) is 7.11 Å². The molecule has 42 heavy (non-hydrogen) atoms. The number of hydrogen-bond acceptors (Lipinski definition) is 6. The number of ether oxygens (including phenoxy) is 1. The summed E-state index contributed by atoms with van der Waals surface area (Å²) < 4.78 is 33.5. The monoisotopic (exact) mass is 595 g/mol. The summed E-state index contributed by atoms with van der Waals surface area (Å²) in [5.41, 5.74) is 9.31. The molecule has 0 aromatic heterocycles. The Morgan fingerprint density at radius 1 is 1.17 bits per heavy atom. The third-order valence-corrected chi connectivity index (χ3v) is 9.77. The minimum absolute atomic E-state index is 0.177. The molecule has 11 heteroatoms. The largest absolute Gasteiger partial charge is 0.496 e. The molecule has 0 bridgehead atoms. The van der Waals surface area contributed by atoms with Crippen LogP contribution in [0.1, 0.15) is 66.8 Å². The molecule has 2 aliphatic rings. The first kappa shape index (κ1) is 31.2. The van der Waals surface area contributed by atoms with Crippen LogP contribution in [0.15, 0.2) is 40.7 Å². The Balaban J connectivity index is 1.46. The van der Waals surface area contributed by atoms with E-state index in [0.29, 0.717) is 11.5 Å². The standard InChI is InChI=1S/C31H41N5O5S/c1-6-7-8-9-23-10-11-24(20-27(23)41-5)28-33-29(37)31(34-28)13-15-36(16-14-31)42(39,40)17-12-26-21(2)18-25(19-22(26)3)35(4)30(32)38/h10-12,17-20H,6-9,13-16H2,1-5H3,(H2,32,38)(H,33,34,37). The van der Waals surface area contributed by atoms with Crippen LogP contribution < -0.4 is 20.7 Å². The van der Waals surface area contributed by atoms with Crippen molar-refractivity contribution < 1.29 is 22.7 Å². The maximum atomic E-state index is 13.2. The van der Waals surface area contributed by atoms with E-state index in [4.69, 9.17) is 15.5 Å². The second-order valence-corrected chi connectivity index (χ2v) is 12.9. The van der Waals surface area contributed by atoms with Crippen LogP contribution in [0.25, 0.3) is 6.08 Å². The lowest BCUT2D eigenvalue weighted by Gasteiger charge is -2.34. The van der Waals surface area contributed by atoms with Gasteiger partial charge in [0.1, 0.15) is 17.1 Å². The zero-order chi connectivity index (χ0) is 30.7. The molecule has 0 atom stereocenters. The predicted molar refractivity (Wildman–Crippen MR) is 166 cm³/mol. The fourth-order valence-electron chi connectivity index (χ4n) is 5.54. The molecule has 1 fully saturated rings. The molecule has 226 valence electrons. The third-order valence-electron chi connectivity index (χ3n) is 8.20. The van der Waals surface area contributed by atoms with Gasteiger partial charge in [0.25, 0.3) is 5.91 Å². The highest BCUT2D eigenvalue weighted by Gasteiger charge is 2.47. The first-order valence-electron chi connectivity index (χ1n) is 14.3. The van der Waals surface area contributed by atoms with Crippen molar-refractivity contribution in [1.29, 1.82) is 0 Å². The maximum absolute atomic E-state index is 13.2. The smallest absolute Gasteiger partial charge is 0.318 e. The van der Waals surface area contributed by atoms with Gasteiger partial charge in [-0.25, -0.2) is 13.2 Å². The van der Waals surface area contributed by atoms with E-state index in [0.717, 1.165) is 59.3 Å². The van der Waals surface area contributed by atoms with Crippen molar-refractivity contribution in [2.24, 2.45) is 10.7 Å². The Morgan fingerprint density at radius 3 is 2.43 bits per heavy atom. The maximum Gasteiger partial charge on any atom is 0.318 e. The van der Waals surface area contributed by atoms with Crippen LogP contribution in [0.3, 0.4) is 0 Å². The molecule has 10 nitrogen and oxygen atoms in total. The van der Waals surface area contributed by atoms with Crippen molar-refractivity contribution in [3.8, 4) is 5.75 Å². The van der Waals surface area contributed by atoms with E-state index >= 15 is 0 Å². The molecule has 3 N–H and O–H groups in total. The number of piperidine rings is 1. The van der Waals surface area contributed by atoms with E-state index in [2.05, 4.69) is 12.2 Å². The van der Waals surface area contributed by atoms with Gasteiger partial charge in [-0.3, -0.25) is 14.7 Å². The summed E-state index contributed by atoms with van der Waals surface area (Å²) in [5.74, 6) is 1.06. The lowest BCUT2D eigenvalue weighted by Crippen LogP contribution is -2.50. The number of aryl methyl sites for hydroxylation is 3. The number of sulfonamides is 1. The normalized spacial score (nSPS) is 17.0. The third kappa shape index (κ3) is 6.52. The highest BCUT2D eigenvalue weighted by Crippen LogP contribution is 2.33. The highest BCUT2D eigenvalue weighted by molar-refractivity contribution is 7.92. The van der Waals surface area contributed by atoms with E-state index < -0.39 is 21.6 Å². The van der Waals surface area contributed by atoms with E-state index in [-0.39, 0.29) is 31.8 Å². The second kappa shape index (κ2) is 12.7. The number of aliphatic imine (C=N–C) groups is 1. The van der Waals surface area contributed by atoms with Crippen molar-refractivity contribution in [2.75, 3.05) is 32.1 Å². The second-order valence-electron chi connectivity index (χ2n) is 11.1. The quantitative estimate of drug-likeness (QED) is 0.396. The molecule has 2 aromatic rings. The van der Waals surface area contributed by atoms with Crippen LogP contribution >= 0.6 is 0 Å². The van der Waals surface area contributed by atoms with E-state index in [9.17, 15) is 18.0 Å². The zero-order valence-electron chi connectivity index (χ0n) is 25.1. The Morgan fingerprint density at radius 2 is 1.83 bits per heavy atom. The van der Waals surface area contributed by atoms with E-state index in [1.165, 1.54) is 14.6 Å². The van der Waals surface area contributed by atoms with Crippen molar-refractivity contribution in [2.45, 2.75) is 64.8 Å². The Hall–Kier alpha value is -3.70. The summed E-state index contributed by atoms with van der Waals surface area (Å²) in [5, 5.41) is 4.13. The van der Waals surface area contributed by atoms with Gasteiger partial charge in [-0.1, -0.05) is 31.9 Å². The number of benzene rings is 2. The van der Waals surface area contributed by atoms with Crippen molar-refractivity contribution in [1.82, 2.24) is 9.62 Å². The lowest BCUT2D eigenvalue weighted by atomic mass is 9.89. The molecule has 1 saturated heterocycles. The van der Waals surface area contributed by atoms with Crippen molar-refractivity contribution in [3.05, 3.63) is 63.6 Å². The van der Waals surface area contributed by atoms with Crippen LogP contribution in [0.2, 0.25) is 0 Å². The number of amidine groups is 1. The first-order valence-corrected chi connectivity index (χ1v) is 15.8. The van der Waals surface area contributed by atoms with Crippen molar-refractivity contribution >= 4 is 39.6 Å². The van der Waals surface area contributed by atoms with Gasteiger partial charge in [0.15, 0.2) is 0 Å². The number of nitrogens with zero attached hydrogens (tertiary/aromatic N) is 3. The fraction of sp³-hybridized carbons (Fsp3) is 0.452. The molecule has 0 unspecified atom stereocenters. The van der Waals surface area contributed by atoms with Gasteiger partial charge in [-0.2, -0.15) is 4.31 Å². The summed E-state index contributed by atoms with van der Waals surface area (Å²) in [7, 11) is -0.511. The molecule has 2 aliphatic heterocycles. The van der Waals surface area contributed by atoms with Crippen molar-refractivity contribution in [3.63, 3.8) is 0 Å². The van der Waals surface area contributed by atoms with Gasteiger partial charge in [0, 0.05) is 36.8 Å². The Kier molecular flexibility index (Phi) is 9.42. The number of amides is 3. The topological polar surface area (TPSA) is 134 Å².